The molecule has 0 amide bonds. The average molecular weight is 317 g/mol. The number of halogens is 1. The Labute approximate surface area is 133 Å². The van der Waals surface area contributed by atoms with E-state index in [0.29, 0.717) is 5.02 Å². The van der Waals surface area contributed by atoms with Gasteiger partial charge in [0.15, 0.2) is 0 Å². The van der Waals surface area contributed by atoms with Gasteiger partial charge in [0.25, 0.3) is 0 Å². The first-order chi connectivity index (χ1) is 10.0. The van der Waals surface area contributed by atoms with Crippen LogP contribution in [0.3, 0.4) is 0 Å². The van der Waals surface area contributed by atoms with Gasteiger partial charge in [-0.05, 0) is 33.6 Å². The molecule has 0 aliphatic rings. The van der Waals surface area contributed by atoms with Gasteiger partial charge in [0.1, 0.15) is 0 Å². The first kappa shape index (κ1) is 18.4. The van der Waals surface area contributed by atoms with Gasteiger partial charge < -0.3 is 9.80 Å². The maximum atomic E-state index is 6.31. The predicted octanol–water partition coefficient (Wildman–Crippen LogP) is 1.33. The lowest BCUT2D eigenvalue weighted by molar-refractivity contribution is 0.277. The second-order valence-electron chi connectivity index (χ2n) is 5.44. The molecule has 0 saturated carbocycles. The van der Waals surface area contributed by atoms with E-state index in [2.05, 4.69) is 34.2 Å². The van der Waals surface area contributed by atoms with Crippen LogP contribution >= 0.6 is 11.6 Å². The molecular formula is C14H29ClN6. The summed E-state index contributed by atoms with van der Waals surface area (Å²) in [5.41, 5.74) is 3.87. The van der Waals surface area contributed by atoms with Gasteiger partial charge in [-0.3, -0.25) is 16.0 Å². The summed E-state index contributed by atoms with van der Waals surface area (Å²) in [6, 6.07) is 0.0164. The van der Waals surface area contributed by atoms with E-state index < -0.39 is 0 Å². The largest absolute Gasteiger partial charge is 0.308 e. The van der Waals surface area contributed by atoms with Crippen molar-refractivity contribution in [3.63, 3.8) is 0 Å². The zero-order chi connectivity index (χ0) is 15.8. The summed E-state index contributed by atoms with van der Waals surface area (Å²) in [7, 11) is 4.09. The molecule has 1 atom stereocenters. The Balaban J connectivity index is 2.77. The van der Waals surface area contributed by atoms with Crippen LogP contribution in [0.25, 0.3) is 0 Å². The van der Waals surface area contributed by atoms with Gasteiger partial charge in [0, 0.05) is 13.1 Å². The van der Waals surface area contributed by atoms with E-state index in [1.807, 2.05) is 18.8 Å². The van der Waals surface area contributed by atoms with E-state index in [4.69, 9.17) is 17.4 Å². The predicted molar refractivity (Wildman–Crippen MR) is 88.3 cm³/mol. The maximum Gasteiger partial charge on any atom is 0.0834 e. The zero-order valence-electron chi connectivity index (χ0n) is 13.6. The van der Waals surface area contributed by atoms with E-state index in [1.54, 1.807) is 6.20 Å². The van der Waals surface area contributed by atoms with Crippen molar-refractivity contribution < 1.29 is 0 Å². The van der Waals surface area contributed by atoms with Crippen molar-refractivity contribution in [2.45, 2.75) is 32.9 Å². The van der Waals surface area contributed by atoms with Gasteiger partial charge in [-0.25, -0.2) is 0 Å². The van der Waals surface area contributed by atoms with Crippen molar-refractivity contribution in [3.05, 3.63) is 16.9 Å². The van der Waals surface area contributed by atoms with Crippen LogP contribution in [0.1, 0.15) is 32.0 Å². The van der Waals surface area contributed by atoms with E-state index in [-0.39, 0.29) is 6.04 Å². The third kappa shape index (κ3) is 5.56. The molecule has 1 unspecified atom stereocenters. The lowest BCUT2D eigenvalue weighted by atomic mass is 10.1. The maximum absolute atomic E-state index is 6.31. The minimum atomic E-state index is 0.0164. The third-order valence-corrected chi connectivity index (χ3v) is 4.04. The summed E-state index contributed by atoms with van der Waals surface area (Å²) in [5, 5.41) is 5.05. The molecule has 3 N–H and O–H groups in total. The number of hydrazine groups is 1. The number of hydrogen-bond acceptors (Lipinski definition) is 5. The highest BCUT2D eigenvalue weighted by Gasteiger charge is 2.20. The fourth-order valence-corrected chi connectivity index (χ4v) is 2.61. The molecule has 0 fully saturated rings. The van der Waals surface area contributed by atoms with Crippen molar-refractivity contribution in [1.82, 2.24) is 25.0 Å². The molecule has 0 saturated heterocycles. The van der Waals surface area contributed by atoms with Crippen molar-refractivity contribution >= 4 is 11.6 Å². The molecule has 0 bridgehead atoms. The summed E-state index contributed by atoms with van der Waals surface area (Å²) >= 11 is 6.31. The highest BCUT2D eigenvalue weighted by Crippen LogP contribution is 2.25. The number of nitrogens with two attached hydrogens (primary N) is 1. The van der Waals surface area contributed by atoms with Crippen LogP contribution in [-0.2, 0) is 6.54 Å². The Morgan fingerprint density at radius 3 is 2.52 bits per heavy atom. The van der Waals surface area contributed by atoms with Gasteiger partial charge in [-0.15, -0.1) is 0 Å². The Morgan fingerprint density at radius 1 is 1.33 bits per heavy atom. The van der Waals surface area contributed by atoms with Crippen molar-refractivity contribution in [2.24, 2.45) is 5.84 Å². The lowest BCUT2D eigenvalue weighted by Crippen LogP contribution is -2.34. The van der Waals surface area contributed by atoms with E-state index in [1.165, 1.54) is 0 Å². The van der Waals surface area contributed by atoms with E-state index in [9.17, 15) is 0 Å². The van der Waals surface area contributed by atoms with Crippen LogP contribution in [0.15, 0.2) is 6.20 Å². The normalized spacial score (nSPS) is 13.3. The SMILES string of the molecule is CCN(CC)CCC(NN)c1c(Cl)cnn1CCN(C)C. The van der Waals surface area contributed by atoms with Gasteiger partial charge in [0.05, 0.1) is 29.5 Å². The first-order valence-corrected chi connectivity index (χ1v) is 7.95. The van der Waals surface area contributed by atoms with Crippen LogP contribution in [-0.4, -0.2) is 59.9 Å². The van der Waals surface area contributed by atoms with Crippen LogP contribution in [0, 0.1) is 0 Å². The molecule has 0 spiro atoms. The molecule has 0 aliphatic carbocycles. The topological polar surface area (TPSA) is 62.4 Å². The van der Waals surface area contributed by atoms with Gasteiger partial charge in [0.2, 0.25) is 0 Å². The molecule has 0 aliphatic heterocycles. The highest BCUT2D eigenvalue weighted by molar-refractivity contribution is 6.31. The molecule has 1 heterocycles. The molecule has 1 rings (SSSR count). The quantitative estimate of drug-likeness (QED) is 0.504. The number of likely N-dealkylation sites (N-methyl/N-ethyl adjacent to an activating group) is 1. The molecular weight excluding hydrogens is 288 g/mol. The summed E-state index contributed by atoms with van der Waals surface area (Å²) in [5.74, 6) is 5.75. The number of nitrogens with zero attached hydrogens (tertiary/aromatic N) is 4. The minimum Gasteiger partial charge on any atom is -0.308 e. The molecule has 122 valence electrons. The Kier molecular flexibility index (Phi) is 8.21. The lowest BCUT2D eigenvalue weighted by Gasteiger charge is -2.23. The molecule has 21 heavy (non-hydrogen) atoms. The van der Waals surface area contributed by atoms with Gasteiger partial charge in [-0.2, -0.15) is 5.10 Å². The van der Waals surface area contributed by atoms with Crippen LogP contribution in [0.2, 0.25) is 5.02 Å². The monoisotopic (exact) mass is 316 g/mol. The van der Waals surface area contributed by atoms with E-state index in [0.717, 1.165) is 44.8 Å². The Hall–Kier alpha value is -0.660. The smallest absolute Gasteiger partial charge is 0.0834 e. The molecule has 1 aromatic heterocycles. The number of rotatable bonds is 10. The molecule has 6 nitrogen and oxygen atoms in total. The summed E-state index contributed by atoms with van der Waals surface area (Å²) in [6.07, 6.45) is 2.61. The van der Waals surface area contributed by atoms with Gasteiger partial charge in [-0.1, -0.05) is 25.4 Å². The fourth-order valence-electron chi connectivity index (χ4n) is 2.34. The summed E-state index contributed by atoms with van der Waals surface area (Å²) < 4.78 is 1.95. The van der Waals surface area contributed by atoms with Crippen molar-refractivity contribution in [3.8, 4) is 0 Å². The van der Waals surface area contributed by atoms with Crippen LogP contribution in [0.5, 0.6) is 0 Å². The number of hydrogen-bond donors (Lipinski definition) is 2. The van der Waals surface area contributed by atoms with Crippen molar-refractivity contribution in [2.75, 3.05) is 40.3 Å². The minimum absolute atomic E-state index is 0.0164. The van der Waals surface area contributed by atoms with Crippen LogP contribution < -0.4 is 11.3 Å². The second kappa shape index (κ2) is 9.38. The third-order valence-electron chi connectivity index (χ3n) is 3.75. The Morgan fingerprint density at radius 2 is 2.00 bits per heavy atom. The summed E-state index contributed by atoms with van der Waals surface area (Å²) in [6.45, 7) is 9.13. The van der Waals surface area contributed by atoms with Gasteiger partial charge >= 0.3 is 0 Å². The molecule has 7 heteroatoms. The highest BCUT2D eigenvalue weighted by atomic mass is 35.5. The average Bonchev–Trinajstić information content (AvgIpc) is 2.83. The second-order valence-corrected chi connectivity index (χ2v) is 5.85. The first-order valence-electron chi connectivity index (χ1n) is 7.57. The fraction of sp³-hybridized carbons (Fsp3) is 0.786. The van der Waals surface area contributed by atoms with Crippen molar-refractivity contribution in [1.29, 1.82) is 0 Å². The standard InChI is InChI=1S/C14H29ClN6/c1-5-20(6-2)8-7-13(18-16)14-12(15)11-17-21(14)10-9-19(3)4/h11,13,18H,5-10,16H2,1-4H3. The molecule has 1 aromatic rings. The Bertz CT molecular complexity index is 402. The summed E-state index contributed by atoms with van der Waals surface area (Å²) in [4.78, 5) is 4.50. The number of nitrogens with one attached hydrogen (secondary N) is 1. The molecule has 0 radical (unpaired) electrons. The van der Waals surface area contributed by atoms with Crippen LogP contribution in [0.4, 0.5) is 0 Å². The zero-order valence-corrected chi connectivity index (χ0v) is 14.4. The number of aromatic nitrogens is 2. The molecule has 0 aromatic carbocycles. The van der Waals surface area contributed by atoms with E-state index >= 15 is 0 Å².